The number of nitrogens with one attached hydrogen (secondary N) is 2. The van der Waals surface area contributed by atoms with Crippen molar-refractivity contribution in [3.63, 3.8) is 0 Å². The molecule has 3 rings (SSSR count). The van der Waals surface area contributed by atoms with Crippen LogP contribution in [0.5, 0.6) is 0 Å². The number of para-hydroxylation sites is 1. The van der Waals surface area contributed by atoms with Crippen molar-refractivity contribution >= 4 is 10.9 Å². The molecule has 16 heavy (non-hydrogen) atoms. The second kappa shape index (κ2) is 3.95. The van der Waals surface area contributed by atoms with Crippen molar-refractivity contribution in [1.29, 1.82) is 0 Å². The Kier molecular flexibility index (Phi) is 2.44. The van der Waals surface area contributed by atoms with Crippen LogP contribution in [0.15, 0.2) is 18.2 Å². The van der Waals surface area contributed by atoms with Crippen LogP contribution in [-0.4, -0.2) is 11.5 Å². The van der Waals surface area contributed by atoms with E-state index in [1.165, 1.54) is 40.6 Å². The molecular formula is C14H18N2. The van der Waals surface area contributed by atoms with E-state index in [0.717, 1.165) is 19.5 Å². The van der Waals surface area contributed by atoms with Crippen molar-refractivity contribution in [1.82, 2.24) is 10.3 Å². The fourth-order valence-electron chi connectivity index (χ4n) is 2.70. The molecule has 0 spiro atoms. The van der Waals surface area contributed by atoms with E-state index in [-0.39, 0.29) is 0 Å². The minimum absolute atomic E-state index is 1.02. The summed E-state index contributed by atoms with van der Waals surface area (Å²) in [4.78, 5) is 3.64. The zero-order chi connectivity index (χ0) is 11.0. The SMILES string of the molecule is CCc1cccc2c3c([nH]c12)CCCNC3. The molecule has 2 aromatic rings. The summed E-state index contributed by atoms with van der Waals surface area (Å²) >= 11 is 0. The first-order valence-electron chi connectivity index (χ1n) is 6.22. The van der Waals surface area contributed by atoms with Gasteiger partial charge >= 0.3 is 0 Å². The Morgan fingerprint density at radius 1 is 1.31 bits per heavy atom. The molecule has 0 fully saturated rings. The van der Waals surface area contributed by atoms with E-state index in [1.807, 2.05) is 0 Å². The lowest BCUT2D eigenvalue weighted by Crippen LogP contribution is -2.11. The molecule has 84 valence electrons. The largest absolute Gasteiger partial charge is 0.358 e. The van der Waals surface area contributed by atoms with Crippen molar-refractivity contribution in [2.45, 2.75) is 32.7 Å². The Balaban J connectivity index is 2.24. The first kappa shape index (κ1) is 9.91. The van der Waals surface area contributed by atoms with Crippen LogP contribution in [0.25, 0.3) is 10.9 Å². The fraction of sp³-hybridized carbons (Fsp3) is 0.429. The summed E-state index contributed by atoms with van der Waals surface area (Å²) in [5.41, 5.74) is 5.73. The van der Waals surface area contributed by atoms with Gasteiger partial charge in [0.25, 0.3) is 0 Å². The van der Waals surface area contributed by atoms with Crippen molar-refractivity contribution in [3.8, 4) is 0 Å². The Labute approximate surface area is 96.1 Å². The number of aromatic nitrogens is 1. The van der Waals surface area contributed by atoms with Gasteiger partial charge in [-0.2, -0.15) is 0 Å². The van der Waals surface area contributed by atoms with Crippen molar-refractivity contribution in [2.24, 2.45) is 0 Å². The second-order valence-corrected chi connectivity index (χ2v) is 4.56. The number of hydrogen-bond donors (Lipinski definition) is 2. The van der Waals surface area contributed by atoms with Crippen LogP contribution in [0, 0.1) is 0 Å². The maximum atomic E-state index is 3.64. The molecule has 0 unspecified atom stereocenters. The van der Waals surface area contributed by atoms with Gasteiger partial charge in [-0.3, -0.25) is 0 Å². The number of benzene rings is 1. The highest BCUT2D eigenvalue weighted by atomic mass is 14.9. The molecule has 2 nitrogen and oxygen atoms in total. The number of aromatic amines is 1. The summed E-state index contributed by atoms with van der Waals surface area (Å²) in [7, 11) is 0. The molecule has 2 N–H and O–H groups in total. The third-order valence-corrected chi connectivity index (χ3v) is 3.58. The van der Waals surface area contributed by atoms with Gasteiger partial charge in [-0.25, -0.2) is 0 Å². The highest BCUT2D eigenvalue weighted by molar-refractivity contribution is 5.87. The standard InChI is InChI=1S/C14H18N2/c1-2-10-5-3-6-11-12-9-15-8-4-7-13(12)16-14(10)11/h3,5-6,15-16H,2,4,7-9H2,1H3. The number of fused-ring (bicyclic) bond motifs is 3. The summed E-state index contributed by atoms with van der Waals surface area (Å²) in [6.07, 6.45) is 3.52. The summed E-state index contributed by atoms with van der Waals surface area (Å²) in [5, 5.41) is 4.92. The molecule has 0 atom stereocenters. The molecule has 0 radical (unpaired) electrons. The monoisotopic (exact) mass is 214 g/mol. The van der Waals surface area contributed by atoms with Gasteiger partial charge in [0.2, 0.25) is 0 Å². The molecule has 0 aliphatic carbocycles. The first-order chi connectivity index (χ1) is 7.90. The third-order valence-electron chi connectivity index (χ3n) is 3.58. The Morgan fingerprint density at radius 3 is 3.12 bits per heavy atom. The summed E-state index contributed by atoms with van der Waals surface area (Å²) in [5.74, 6) is 0. The number of aryl methyl sites for hydroxylation is 2. The van der Waals surface area contributed by atoms with Crippen LogP contribution < -0.4 is 5.32 Å². The highest BCUT2D eigenvalue weighted by Crippen LogP contribution is 2.27. The number of hydrogen-bond acceptors (Lipinski definition) is 1. The van der Waals surface area contributed by atoms with Gasteiger partial charge in [0.1, 0.15) is 0 Å². The molecule has 0 amide bonds. The molecule has 1 aromatic carbocycles. The lowest BCUT2D eigenvalue weighted by molar-refractivity contribution is 0.680. The Hall–Kier alpha value is -1.28. The fourth-order valence-corrected chi connectivity index (χ4v) is 2.70. The van der Waals surface area contributed by atoms with Gasteiger partial charge in [-0.15, -0.1) is 0 Å². The Bertz CT molecular complexity index is 511. The maximum Gasteiger partial charge on any atom is 0.0491 e. The zero-order valence-electron chi connectivity index (χ0n) is 9.77. The molecule has 1 aliphatic heterocycles. The van der Waals surface area contributed by atoms with E-state index in [2.05, 4.69) is 35.4 Å². The van der Waals surface area contributed by atoms with Crippen LogP contribution in [0.1, 0.15) is 30.2 Å². The summed E-state index contributed by atoms with van der Waals surface area (Å²) < 4.78 is 0. The van der Waals surface area contributed by atoms with Crippen LogP contribution >= 0.6 is 0 Å². The summed E-state index contributed by atoms with van der Waals surface area (Å²) in [6, 6.07) is 6.66. The highest BCUT2D eigenvalue weighted by Gasteiger charge is 2.14. The minimum atomic E-state index is 1.02. The minimum Gasteiger partial charge on any atom is -0.358 e. The van der Waals surface area contributed by atoms with Crippen molar-refractivity contribution in [3.05, 3.63) is 35.0 Å². The van der Waals surface area contributed by atoms with E-state index in [9.17, 15) is 0 Å². The van der Waals surface area contributed by atoms with Crippen LogP contribution in [0.2, 0.25) is 0 Å². The molecule has 2 heterocycles. The summed E-state index contributed by atoms with van der Waals surface area (Å²) in [6.45, 7) is 4.37. The van der Waals surface area contributed by atoms with Gasteiger partial charge in [0.15, 0.2) is 0 Å². The average molecular weight is 214 g/mol. The van der Waals surface area contributed by atoms with Crippen molar-refractivity contribution in [2.75, 3.05) is 6.54 Å². The Morgan fingerprint density at radius 2 is 2.25 bits per heavy atom. The first-order valence-corrected chi connectivity index (χ1v) is 6.22. The lowest BCUT2D eigenvalue weighted by atomic mass is 10.1. The van der Waals surface area contributed by atoms with Gasteiger partial charge in [0, 0.05) is 23.1 Å². The predicted octanol–water partition coefficient (Wildman–Crippen LogP) is 2.77. The lowest BCUT2D eigenvalue weighted by Gasteiger charge is -2.01. The van der Waals surface area contributed by atoms with Gasteiger partial charge in [0.05, 0.1) is 0 Å². The van der Waals surface area contributed by atoms with Gasteiger partial charge in [-0.05, 0) is 36.9 Å². The molecule has 1 aliphatic rings. The van der Waals surface area contributed by atoms with Crippen LogP contribution in [0.3, 0.4) is 0 Å². The average Bonchev–Trinajstić information content (AvgIpc) is 2.52. The van der Waals surface area contributed by atoms with Crippen molar-refractivity contribution < 1.29 is 0 Å². The smallest absolute Gasteiger partial charge is 0.0491 e. The second-order valence-electron chi connectivity index (χ2n) is 4.56. The van der Waals surface area contributed by atoms with Gasteiger partial charge < -0.3 is 10.3 Å². The quantitative estimate of drug-likeness (QED) is 0.750. The van der Waals surface area contributed by atoms with E-state index in [4.69, 9.17) is 0 Å². The van der Waals surface area contributed by atoms with Crippen LogP contribution in [0.4, 0.5) is 0 Å². The molecular weight excluding hydrogens is 196 g/mol. The van der Waals surface area contributed by atoms with E-state index < -0.39 is 0 Å². The number of H-pyrrole nitrogens is 1. The van der Waals surface area contributed by atoms with Crippen LogP contribution in [-0.2, 0) is 19.4 Å². The molecule has 1 aromatic heterocycles. The maximum absolute atomic E-state index is 3.64. The van der Waals surface area contributed by atoms with E-state index in [1.54, 1.807) is 0 Å². The molecule has 0 saturated carbocycles. The third kappa shape index (κ3) is 1.45. The topological polar surface area (TPSA) is 27.8 Å². The molecule has 0 saturated heterocycles. The molecule has 0 bridgehead atoms. The zero-order valence-corrected chi connectivity index (χ0v) is 9.77. The number of rotatable bonds is 1. The van der Waals surface area contributed by atoms with Gasteiger partial charge in [-0.1, -0.05) is 25.1 Å². The van der Waals surface area contributed by atoms with E-state index in [0.29, 0.717) is 0 Å². The molecule has 2 heteroatoms. The normalized spacial score (nSPS) is 16.1. The van der Waals surface area contributed by atoms with E-state index >= 15 is 0 Å². The predicted molar refractivity (Wildman–Crippen MR) is 67.7 cm³/mol.